The van der Waals surface area contributed by atoms with Crippen molar-refractivity contribution in [2.75, 3.05) is 6.54 Å². The Morgan fingerprint density at radius 1 is 1.06 bits per heavy atom. The second-order valence-corrected chi connectivity index (χ2v) is 7.75. The quantitative estimate of drug-likeness (QED) is 0.562. The van der Waals surface area contributed by atoms with Crippen molar-refractivity contribution in [2.45, 2.75) is 44.8 Å². The first-order valence-corrected chi connectivity index (χ1v) is 10.7. The first kappa shape index (κ1) is 24.0. The fourth-order valence-electron chi connectivity index (χ4n) is 3.79. The van der Waals surface area contributed by atoms with E-state index in [0.717, 1.165) is 22.6 Å². The number of amides is 3. The van der Waals surface area contributed by atoms with Crippen molar-refractivity contribution in [1.29, 1.82) is 0 Å². The monoisotopic (exact) mass is 457 g/mol. The molecule has 0 radical (unpaired) electrons. The standard InChI is InChI=1S/C24H25F2N3O4/c1-2-27-24(33)22(31)19(13-15-7-4-3-5-8-15)28-23(32)20-11-12-21(30)29(20)14-16-17(25)9-6-10-18(16)26/h3-10,19-20H,2,11-14H2,1H3,(H,27,33)(H,28,32)/t19?,20-/m0/s1. The van der Waals surface area contributed by atoms with Crippen LogP contribution in [-0.4, -0.2) is 47.0 Å². The number of carbonyl (C=O) groups excluding carboxylic acids is 4. The van der Waals surface area contributed by atoms with Gasteiger partial charge in [0.05, 0.1) is 6.54 Å². The lowest BCUT2D eigenvalue weighted by Crippen LogP contribution is -2.53. The molecule has 2 aromatic rings. The molecule has 2 N–H and O–H groups in total. The minimum Gasteiger partial charge on any atom is -0.350 e. The Kier molecular flexibility index (Phi) is 7.87. The van der Waals surface area contributed by atoms with E-state index in [1.54, 1.807) is 37.3 Å². The first-order valence-electron chi connectivity index (χ1n) is 10.7. The molecule has 3 rings (SSSR count). The van der Waals surface area contributed by atoms with E-state index in [2.05, 4.69) is 10.6 Å². The van der Waals surface area contributed by atoms with E-state index in [1.165, 1.54) is 6.07 Å². The smallest absolute Gasteiger partial charge is 0.289 e. The molecule has 0 bridgehead atoms. The van der Waals surface area contributed by atoms with Gasteiger partial charge in [0.15, 0.2) is 0 Å². The van der Waals surface area contributed by atoms with Crippen molar-refractivity contribution in [3.05, 3.63) is 71.3 Å². The van der Waals surface area contributed by atoms with E-state index in [1.807, 2.05) is 0 Å². The zero-order chi connectivity index (χ0) is 24.0. The van der Waals surface area contributed by atoms with Crippen LogP contribution in [0.1, 0.15) is 30.9 Å². The topological polar surface area (TPSA) is 95.6 Å². The minimum atomic E-state index is -1.16. The predicted molar refractivity (Wildman–Crippen MR) is 116 cm³/mol. The van der Waals surface area contributed by atoms with Gasteiger partial charge in [0.25, 0.3) is 5.91 Å². The Balaban J connectivity index is 1.79. The van der Waals surface area contributed by atoms with Gasteiger partial charge in [-0.1, -0.05) is 36.4 Å². The summed E-state index contributed by atoms with van der Waals surface area (Å²) < 4.78 is 28.2. The van der Waals surface area contributed by atoms with Crippen molar-refractivity contribution < 1.29 is 28.0 Å². The molecule has 1 heterocycles. The zero-order valence-corrected chi connectivity index (χ0v) is 18.1. The number of Topliss-reactive ketones (excluding diaryl/α,β-unsaturated/α-hetero) is 1. The van der Waals surface area contributed by atoms with E-state index < -0.39 is 53.8 Å². The molecular formula is C24H25F2N3O4. The minimum absolute atomic E-state index is 0.0295. The lowest BCUT2D eigenvalue weighted by molar-refractivity contribution is -0.141. The molecule has 1 fully saturated rings. The molecule has 1 aliphatic heterocycles. The number of carbonyl (C=O) groups is 4. The molecule has 1 aliphatic rings. The van der Waals surface area contributed by atoms with Crippen LogP contribution < -0.4 is 10.6 Å². The van der Waals surface area contributed by atoms with Crippen molar-refractivity contribution in [3.8, 4) is 0 Å². The number of hydrogen-bond donors (Lipinski definition) is 2. The Bertz CT molecular complexity index is 1030. The molecule has 1 saturated heterocycles. The van der Waals surface area contributed by atoms with Gasteiger partial charge in [-0.2, -0.15) is 0 Å². The number of nitrogens with one attached hydrogen (secondary N) is 2. The highest BCUT2D eigenvalue weighted by Gasteiger charge is 2.38. The maximum Gasteiger partial charge on any atom is 0.289 e. The average molecular weight is 457 g/mol. The van der Waals surface area contributed by atoms with Crippen molar-refractivity contribution in [2.24, 2.45) is 0 Å². The predicted octanol–water partition coefficient (Wildman–Crippen LogP) is 1.89. The van der Waals surface area contributed by atoms with Crippen LogP contribution in [0, 0.1) is 11.6 Å². The Hall–Kier alpha value is -3.62. The third kappa shape index (κ3) is 5.79. The number of likely N-dealkylation sites (N-methyl/N-ethyl adjacent to an activating group) is 1. The number of benzene rings is 2. The molecule has 2 atom stereocenters. The van der Waals surface area contributed by atoms with Gasteiger partial charge >= 0.3 is 0 Å². The van der Waals surface area contributed by atoms with Crippen LogP contribution in [0.3, 0.4) is 0 Å². The molecule has 0 aromatic heterocycles. The number of hydrogen-bond acceptors (Lipinski definition) is 4. The summed E-state index contributed by atoms with van der Waals surface area (Å²) in [5, 5.41) is 5.01. The largest absolute Gasteiger partial charge is 0.350 e. The Morgan fingerprint density at radius 3 is 2.36 bits per heavy atom. The lowest BCUT2D eigenvalue weighted by Gasteiger charge is -2.26. The van der Waals surface area contributed by atoms with Gasteiger partial charge in [0, 0.05) is 24.9 Å². The second-order valence-electron chi connectivity index (χ2n) is 7.75. The second kappa shape index (κ2) is 10.8. The molecule has 0 aliphatic carbocycles. The number of likely N-dealkylation sites (tertiary alicyclic amines) is 1. The van der Waals surface area contributed by atoms with Crippen LogP contribution in [-0.2, 0) is 32.1 Å². The van der Waals surface area contributed by atoms with Gasteiger partial charge in [-0.15, -0.1) is 0 Å². The molecule has 7 nitrogen and oxygen atoms in total. The van der Waals surface area contributed by atoms with E-state index in [0.29, 0.717) is 0 Å². The molecule has 3 amide bonds. The fourth-order valence-corrected chi connectivity index (χ4v) is 3.79. The third-order valence-corrected chi connectivity index (χ3v) is 5.50. The zero-order valence-electron chi connectivity index (χ0n) is 18.1. The molecule has 0 spiro atoms. The maximum absolute atomic E-state index is 14.1. The number of halogens is 2. The molecule has 1 unspecified atom stereocenters. The summed E-state index contributed by atoms with van der Waals surface area (Å²) in [6.07, 6.45) is 0.237. The van der Waals surface area contributed by atoms with Gasteiger partial charge in [-0.3, -0.25) is 19.2 Å². The number of nitrogens with zero attached hydrogens (tertiary/aromatic N) is 1. The van der Waals surface area contributed by atoms with Crippen LogP contribution in [0.15, 0.2) is 48.5 Å². The van der Waals surface area contributed by atoms with Gasteiger partial charge in [0.1, 0.15) is 23.7 Å². The van der Waals surface area contributed by atoms with Crippen LogP contribution >= 0.6 is 0 Å². The fraction of sp³-hybridized carbons (Fsp3) is 0.333. The van der Waals surface area contributed by atoms with E-state index in [-0.39, 0.29) is 31.4 Å². The highest BCUT2D eigenvalue weighted by Crippen LogP contribution is 2.24. The highest BCUT2D eigenvalue weighted by atomic mass is 19.1. The number of ketones is 1. The molecule has 9 heteroatoms. The summed E-state index contributed by atoms with van der Waals surface area (Å²) >= 11 is 0. The summed E-state index contributed by atoms with van der Waals surface area (Å²) in [6.45, 7) is 1.50. The van der Waals surface area contributed by atoms with Crippen molar-refractivity contribution in [3.63, 3.8) is 0 Å². The van der Waals surface area contributed by atoms with E-state index in [4.69, 9.17) is 0 Å². The molecule has 2 aromatic carbocycles. The normalized spacial score (nSPS) is 16.4. The lowest BCUT2D eigenvalue weighted by atomic mass is 10.0. The Labute approximate surface area is 190 Å². The molecular weight excluding hydrogens is 432 g/mol. The third-order valence-electron chi connectivity index (χ3n) is 5.50. The van der Waals surface area contributed by atoms with Crippen LogP contribution in [0.2, 0.25) is 0 Å². The highest BCUT2D eigenvalue weighted by molar-refractivity contribution is 6.38. The molecule has 33 heavy (non-hydrogen) atoms. The summed E-state index contributed by atoms with van der Waals surface area (Å²) in [7, 11) is 0. The average Bonchev–Trinajstić information content (AvgIpc) is 3.16. The van der Waals surface area contributed by atoms with E-state index in [9.17, 15) is 28.0 Å². The molecule has 174 valence electrons. The number of rotatable bonds is 9. The van der Waals surface area contributed by atoms with Gasteiger partial charge in [-0.05, 0) is 31.0 Å². The van der Waals surface area contributed by atoms with Crippen LogP contribution in [0.25, 0.3) is 0 Å². The first-order chi connectivity index (χ1) is 15.8. The summed E-state index contributed by atoms with van der Waals surface area (Å²) in [6, 6.07) is 10.1. The van der Waals surface area contributed by atoms with Crippen molar-refractivity contribution in [1.82, 2.24) is 15.5 Å². The van der Waals surface area contributed by atoms with E-state index >= 15 is 0 Å². The molecule has 0 saturated carbocycles. The Morgan fingerprint density at radius 2 is 1.73 bits per heavy atom. The van der Waals surface area contributed by atoms with Gasteiger partial charge in [-0.25, -0.2) is 8.78 Å². The summed E-state index contributed by atoms with van der Waals surface area (Å²) in [4.78, 5) is 51.4. The maximum atomic E-state index is 14.1. The summed E-state index contributed by atoms with van der Waals surface area (Å²) in [5.74, 6) is -4.36. The van der Waals surface area contributed by atoms with Gasteiger partial charge < -0.3 is 15.5 Å². The van der Waals surface area contributed by atoms with Crippen LogP contribution in [0.4, 0.5) is 8.78 Å². The van der Waals surface area contributed by atoms with Crippen molar-refractivity contribution >= 4 is 23.5 Å². The SMILES string of the molecule is CCNC(=O)C(=O)C(Cc1ccccc1)NC(=O)[C@@H]1CCC(=O)N1Cc1c(F)cccc1F. The van der Waals surface area contributed by atoms with Gasteiger partial charge in [0.2, 0.25) is 17.6 Å². The summed E-state index contributed by atoms with van der Waals surface area (Å²) in [5.41, 5.74) is 0.415. The van der Waals surface area contributed by atoms with Crippen LogP contribution in [0.5, 0.6) is 0 Å².